The van der Waals surface area contributed by atoms with Gasteiger partial charge in [-0.2, -0.15) is 4.99 Å². The number of aromatic carboxylic acids is 1. The summed E-state index contributed by atoms with van der Waals surface area (Å²) in [6, 6.07) is 8.02. The molecule has 2 heterocycles. The van der Waals surface area contributed by atoms with Crippen LogP contribution in [-0.4, -0.2) is 27.4 Å². The lowest BCUT2D eigenvalue weighted by molar-refractivity contribution is 0.0683. The van der Waals surface area contributed by atoms with Gasteiger partial charge in [-0.05, 0) is 67.7 Å². The molecule has 2 fully saturated rings. The fourth-order valence-corrected chi connectivity index (χ4v) is 5.74. The van der Waals surface area contributed by atoms with Crippen molar-refractivity contribution >= 4 is 28.6 Å². The third-order valence-electron chi connectivity index (χ3n) is 7.33. The Morgan fingerprint density at radius 1 is 1.30 bits per heavy atom. The van der Waals surface area contributed by atoms with Crippen LogP contribution >= 0.6 is 0 Å². The summed E-state index contributed by atoms with van der Waals surface area (Å²) in [4.78, 5) is 32.7. The van der Waals surface area contributed by atoms with Gasteiger partial charge in [0.15, 0.2) is 11.8 Å². The molecule has 7 heteroatoms. The minimum absolute atomic E-state index is 0.157. The first kappa shape index (κ1) is 21.4. The number of rotatable bonds is 4. The fourth-order valence-electron chi connectivity index (χ4n) is 5.74. The lowest BCUT2D eigenvalue weighted by Gasteiger charge is -2.35. The molecule has 2 aliphatic carbocycles. The van der Waals surface area contributed by atoms with E-state index in [1.54, 1.807) is 23.5 Å². The first-order valence-electron chi connectivity index (χ1n) is 11.4. The summed E-state index contributed by atoms with van der Waals surface area (Å²) in [5.74, 6) is 7.21. The highest BCUT2D eigenvalue weighted by molar-refractivity contribution is 6.01. The van der Waals surface area contributed by atoms with Crippen LogP contribution in [0, 0.1) is 23.2 Å². The number of nitrogens with one attached hydrogen (secondary N) is 1. The lowest BCUT2D eigenvalue weighted by Crippen LogP contribution is -2.38. The van der Waals surface area contributed by atoms with Crippen LogP contribution in [0.1, 0.15) is 74.8 Å². The molecule has 170 valence electrons. The Bertz CT molecular complexity index is 1300. The molecule has 2 unspecified atom stereocenters. The number of nitrogens with zero attached hydrogens (tertiary/aromatic N) is 2. The van der Waals surface area contributed by atoms with Crippen molar-refractivity contribution in [2.75, 3.05) is 0 Å². The van der Waals surface area contributed by atoms with E-state index < -0.39 is 11.5 Å². The van der Waals surface area contributed by atoms with Gasteiger partial charge < -0.3 is 14.5 Å². The van der Waals surface area contributed by atoms with Crippen molar-refractivity contribution < 1.29 is 19.5 Å². The summed E-state index contributed by atoms with van der Waals surface area (Å²) in [5, 5.41) is 11.0. The van der Waals surface area contributed by atoms with Gasteiger partial charge in [0.1, 0.15) is 11.2 Å². The van der Waals surface area contributed by atoms with Crippen molar-refractivity contribution in [1.29, 1.82) is 0 Å². The average Bonchev–Trinajstić information content (AvgIpc) is 3.14. The average molecular weight is 446 g/mol. The quantitative estimate of drug-likeness (QED) is 0.539. The van der Waals surface area contributed by atoms with E-state index in [-0.39, 0.29) is 17.5 Å². The number of aliphatic imine (C=N–C) groups is 1. The molecule has 3 aliphatic rings. The smallest absolute Gasteiger partial charge is 0.352 e. The summed E-state index contributed by atoms with van der Waals surface area (Å²) in [6.45, 7) is 6.40. The number of carboxylic acid groups (broad SMARTS) is 1. The molecule has 2 saturated carbocycles. The van der Waals surface area contributed by atoms with Crippen molar-refractivity contribution in [3.05, 3.63) is 41.4 Å². The molecular formula is C26H27N3O4. The van der Waals surface area contributed by atoms with E-state index in [4.69, 9.17) is 4.84 Å². The molecule has 0 radical (unpaired) electrons. The Morgan fingerprint density at radius 3 is 2.79 bits per heavy atom. The number of aromatic nitrogens is 1. The van der Waals surface area contributed by atoms with Crippen LogP contribution in [0.2, 0.25) is 0 Å². The number of hydrogen-bond acceptors (Lipinski definition) is 5. The summed E-state index contributed by atoms with van der Waals surface area (Å²) in [6.07, 6.45) is 5.29. The van der Waals surface area contributed by atoms with Crippen LogP contribution in [0.3, 0.4) is 0 Å². The van der Waals surface area contributed by atoms with Gasteiger partial charge in [-0.3, -0.25) is 0 Å². The monoisotopic (exact) mass is 445 g/mol. The maximum absolute atomic E-state index is 12.3. The highest BCUT2D eigenvalue weighted by Gasteiger charge is 2.62. The predicted molar refractivity (Wildman–Crippen MR) is 124 cm³/mol. The van der Waals surface area contributed by atoms with E-state index in [9.17, 15) is 14.7 Å². The van der Waals surface area contributed by atoms with Crippen LogP contribution < -0.4 is 5.48 Å². The van der Waals surface area contributed by atoms with Gasteiger partial charge in [0, 0.05) is 10.9 Å². The van der Waals surface area contributed by atoms with Crippen LogP contribution in [-0.2, 0) is 15.2 Å². The van der Waals surface area contributed by atoms with Crippen molar-refractivity contribution in [1.82, 2.24) is 10.0 Å². The largest absolute Gasteiger partial charge is 0.477 e. The highest BCUT2D eigenvalue weighted by atomic mass is 16.7. The van der Waals surface area contributed by atoms with Gasteiger partial charge in [0.05, 0.1) is 5.92 Å². The number of carbonyl (C=O) groups excluding carboxylic acids is 1. The summed E-state index contributed by atoms with van der Waals surface area (Å²) in [5.41, 5.74) is 4.41. The van der Waals surface area contributed by atoms with E-state index in [2.05, 4.69) is 48.3 Å². The number of benzene rings is 1. The zero-order chi connectivity index (χ0) is 23.4. The molecule has 2 aromatic rings. The van der Waals surface area contributed by atoms with Gasteiger partial charge in [-0.1, -0.05) is 32.3 Å². The Labute approximate surface area is 192 Å². The Hall–Kier alpha value is -3.49. The highest BCUT2D eigenvalue weighted by Crippen LogP contribution is 2.54. The minimum Gasteiger partial charge on any atom is -0.477 e. The summed E-state index contributed by atoms with van der Waals surface area (Å²) >= 11 is 0. The van der Waals surface area contributed by atoms with Gasteiger partial charge in [0.25, 0.3) is 0 Å². The molecule has 7 nitrogen and oxygen atoms in total. The molecule has 0 saturated heterocycles. The number of hydrogen-bond donors (Lipinski definition) is 2. The first-order valence-corrected chi connectivity index (χ1v) is 11.4. The molecule has 33 heavy (non-hydrogen) atoms. The predicted octanol–water partition coefficient (Wildman–Crippen LogP) is 4.37. The third-order valence-corrected chi connectivity index (χ3v) is 7.33. The molecular weight excluding hydrogens is 418 g/mol. The third kappa shape index (κ3) is 3.42. The first-order chi connectivity index (χ1) is 15.8. The van der Waals surface area contributed by atoms with E-state index >= 15 is 0 Å². The van der Waals surface area contributed by atoms with Crippen molar-refractivity contribution in [3.63, 3.8) is 0 Å². The van der Waals surface area contributed by atoms with Crippen molar-refractivity contribution in [3.8, 4) is 11.8 Å². The molecule has 1 aliphatic heterocycles. The molecule has 1 aromatic carbocycles. The second kappa shape index (κ2) is 7.54. The summed E-state index contributed by atoms with van der Waals surface area (Å²) < 4.78 is 1.80. The molecule has 3 atom stereocenters. The molecule has 0 spiro atoms. The fraction of sp³-hybridized carbons (Fsp3) is 0.462. The van der Waals surface area contributed by atoms with Crippen molar-refractivity contribution in [2.24, 2.45) is 16.3 Å². The number of fused-ring (bicyclic) bond motifs is 1. The Kier molecular flexibility index (Phi) is 4.88. The normalized spacial score (nSPS) is 27.6. The second-order valence-corrected chi connectivity index (χ2v) is 10.1. The van der Waals surface area contributed by atoms with E-state index in [0.717, 1.165) is 23.7 Å². The van der Waals surface area contributed by atoms with Crippen LogP contribution in [0.5, 0.6) is 0 Å². The molecule has 2 N–H and O–H groups in total. The maximum Gasteiger partial charge on any atom is 0.352 e. The zero-order valence-electron chi connectivity index (χ0n) is 19.1. The topological polar surface area (TPSA) is 92.9 Å². The van der Waals surface area contributed by atoms with E-state index in [1.165, 1.54) is 18.4 Å². The maximum atomic E-state index is 12.3. The van der Waals surface area contributed by atoms with Gasteiger partial charge in [-0.15, -0.1) is 5.92 Å². The minimum atomic E-state index is -1.02. The molecule has 5 rings (SSSR count). The standard InChI is InChI=1S/C26H27N3O4/c1-4-6-19-14-26(19,24-27-22(15-30)33-28-24)29-20-9-8-16(11-18(20)12-21(29)23(31)32)17-7-5-10-25(2,3)13-17/h8-9,11-12,17,19H,5,7,10,13-14H2,1-3H3,(H,27,28)(H,31,32)/t17-,19?,26?/m0/s1. The molecule has 0 bridgehead atoms. The number of hydroxylamine groups is 1. The SMILES string of the molecule is CC#CC1CC1(C1=NC(=C=O)ON1)n1c(C(=O)O)cc2cc([C@H]3CCCC(C)(C)C3)ccc21. The van der Waals surface area contributed by atoms with Gasteiger partial charge in [-0.25, -0.2) is 15.1 Å². The van der Waals surface area contributed by atoms with Crippen molar-refractivity contribution in [2.45, 2.75) is 64.3 Å². The molecule has 0 amide bonds. The van der Waals surface area contributed by atoms with Crippen LogP contribution in [0.25, 0.3) is 10.9 Å². The van der Waals surface area contributed by atoms with E-state index in [0.29, 0.717) is 23.6 Å². The Balaban J connectivity index is 1.65. The molecule has 1 aromatic heterocycles. The summed E-state index contributed by atoms with van der Waals surface area (Å²) in [7, 11) is 0. The second-order valence-electron chi connectivity index (χ2n) is 10.1. The van der Waals surface area contributed by atoms with Gasteiger partial charge in [0.2, 0.25) is 0 Å². The number of carbonyl (C=O) groups is 1. The lowest BCUT2D eigenvalue weighted by atomic mass is 9.70. The Morgan fingerprint density at radius 2 is 2.12 bits per heavy atom. The number of amidine groups is 1. The van der Waals surface area contributed by atoms with Gasteiger partial charge >= 0.3 is 11.9 Å². The van der Waals surface area contributed by atoms with E-state index in [1.807, 2.05) is 6.07 Å². The van der Waals surface area contributed by atoms with Crippen LogP contribution in [0.4, 0.5) is 0 Å². The van der Waals surface area contributed by atoms with Crippen LogP contribution in [0.15, 0.2) is 35.1 Å². The zero-order valence-corrected chi connectivity index (χ0v) is 19.1. The number of carboxylic acids is 1.